The molecule has 98 valence electrons. The first-order chi connectivity index (χ1) is 8.56. The molecular formula is C12H17N3O3. The second-order valence-electron chi connectivity index (χ2n) is 4.64. The Morgan fingerprint density at radius 1 is 1.61 bits per heavy atom. The fraction of sp³-hybridized carbons (Fsp3) is 0.583. The van der Waals surface area contributed by atoms with Crippen molar-refractivity contribution < 1.29 is 14.3 Å². The van der Waals surface area contributed by atoms with Gasteiger partial charge in [-0.25, -0.2) is 4.79 Å². The number of carbonyl (C=O) groups excluding carboxylic acids is 2. The molecule has 6 heteroatoms. The number of rotatable bonds is 5. The molecule has 6 nitrogen and oxygen atoms in total. The second-order valence-corrected chi connectivity index (χ2v) is 4.64. The first-order valence-corrected chi connectivity index (χ1v) is 6.07. The SMILES string of the molecule is CC(=O)NCC(C)OC(=O)c1cc(C2CC2)[nH]n1. The van der Waals surface area contributed by atoms with E-state index >= 15 is 0 Å². The van der Waals surface area contributed by atoms with Gasteiger partial charge in [-0.15, -0.1) is 0 Å². The molecule has 1 heterocycles. The Morgan fingerprint density at radius 2 is 2.33 bits per heavy atom. The van der Waals surface area contributed by atoms with Crippen LogP contribution in [0.15, 0.2) is 6.07 Å². The predicted molar refractivity (Wildman–Crippen MR) is 64.1 cm³/mol. The summed E-state index contributed by atoms with van der Waals surface area (Å²) in [6.45, 7) is 3.45. The Labute approximate surface area is 105 Å². The van der Waals surface area contributed by atoms with Gasteiger partial charge >= 0.3 is 5.97 Å². The maximum atomic E-state index is 11.7. The van der Waals surface area contributed by atoms with Crippen molar-refractivity contribution in [2.24, 2.45) is 0 Å². The fourth-order valence-electron chi connectivity index (χ4n) is 1.62. The monoisotopic (exact) mass is 251 g/mol. The minimum atomic E-state index is -0.462. The van der Waals surface area contributed by atoms with Gasteiger partial charge in [0.15, 0.2) is 5.69 Å². The van der Waals surface area contributed by atoms with E-state index in [4.69, 9.17) is 4.74 Å². The van der Waals surface area contributed by atoms with E-state index in [0.717, 1.165) is 18.5 Å². The third-order valence-electron chi connectivity index (χ3n) is 2.77. The van der Waals surface area contributed by atoms with Gasteiger partial charge in [0.2, 0.25) is 5.91 Å². The smallest absolute Gasteiger partial charge is 0.359 e. The van der Waals surface area contributed by atoms with E-state index in [-0.39, 0.29) is 12.0 Å². The first kappa shape index (κ1) is 12.6. The van der Waals surface area contributed by atoms with Crippen LogP contribution in [0.25, 0.3) is 0 Å². The predicted octanol–water partition coefficient (Wildman–Crippen LogP) is 0.968. The summed E-state index contributed by atoms with van der Waals surface area (Å²) in [5, 5.41) is 9.38. The molecule has 1 aliphatic carbocycles. The topological polar surface area (TPSA) is 84.1 Å². The summed E-state index contributed by atoms with van der Waals surface area (Å²) in [5.41, 5.74) is 1.29. The molecule has 1 saturated carbocycles. The lowest BCUT2D eigenvalue weighted by Gasteiger charge is -2.12. The van der Waals surface area contributed by atoms with Gasteiger partial charge in [-0.05, 0) is 25.8 Å². The van der Waals surface area contributed by atoms with Crippen LogP contribution in [0, 0.1) is 0 Å². The molecule has 1 fully saturated rings. The molecule has 1 amide bonds. The van der Waals surface area contributed by atoms with Gasteiger partial charge in [0.05, 0.1) is 6.54 Å². The summed E-state index contributed by atoms with van der Waals surface area (Å²) < 4.78 is 5.16. The number of aromatic nitrogens is 2. The molecule has 0 aliphatic heterocycles. The Balaban J connectivity index is 1.84. The lowest BCUT2D eigenvalue weighted by molar-refractivity contribution is -0.119. The van der Waals surface area contributed by atoms with Crippen LogP contribution in [-0.2, 0) is 9.53 Å². The zero-order valence-corrected chi connectivity index (χ0v) is 10.5. The molecule has 0 saturated heterocycles. The van der Waals surface area contributed by atoms with Crippen molar-refractivity contribution >= 4 is 11.9 Å². The number of carbonyl (C=O) groups is 2. The number of hydrogen-bond acceptors (Lipinski definition) is 4. The zero-order valence-electron chi connectivity index (χ0n) is 10.5. The zero-order chi connectivity index (χ0) is 13.1. The minimum Gasteiger partial charge on any atom is -0.456 e. The van der Waals surface area contributed by atoms with Gasteiger partial charge < -0.3 is 10.1 Å². The summed E-state index contributed by atoms with van der Waals surface area (Å²) in [4.78, 5) is 22.5. The second kappa shape index (κ2) is 5.20. The molecule has 2 N–H and O–H groups in total. The van der Waals surface area contributed by atoms with Gasteiger partial charge in [-0.2, -0.15) is 5.10 Å². The largest absolute Gasteiger partial charge is 0.456 e. The number of amides is 1. The molecule has 1 atom stereocenters. The van der Waals surface area contributed by atoms with Crippen LogP contribution in [0.1, 0.15) is 48.8 Å². The van der Waals surface area contributed by atoms with Crippen molar-refractivity contribution in [2.45, 2.75) is 38.7 Å². The van der Waals surface area contributed by atoms with E-state index in [1.807, 2.05) is 0 Å². The summed E-state index contributed by atoms with van der Waals surface area (Å²) in [6.07, 6.45) is 1.92. The molecular weight excluding hydrogens is 234 g/mol. The summed E-state index contributed by atoms with van der Waals surface area (Å²) in [7, 11) is 0. The highest BCUT2D eigenvalue weighted by Gasteiger charge is 2.27. The highest BCUT2D eigenvalue weighted by molar-refractivity contribution is 5.87. The molecule has 0 aromatic carbocycles. The fourth-order valence-corrected chi connectivity index (χ4v) is 1.62. The van der Waals surface area contributed by atoms with E-state index in [1.54, 1.807) is 13.0 Å². The number of nitrogens with one attached hydrogen (secondary N) is 2. The Morgan fingerprint density at radius 3 is 2.94 bits per heavy atom. The maximum absolute atomic E-state index is 11.7. The highest BCUT2D eigenvalue weighted by atomic mass is 16.5. The minimum absolute atomic E-state index is 0.145. The Kier molecular flexibility index (Phi) is 3.64. The molecule has 0 radical (unpaired) electrons. The molecule has 1 unspecified atom stereocenters. The van der Waals surface area contributed by atoms with E-state index in [9.17, 15) is 9.59 Å². The standard InChI is InChI=1S/C12H17N3O3/c1-7(6-13-8(2)16)18-12(17)11-5-10(14-15-11)9-3-4-9/h5,7,9H,3-4,6H2,1-2H3,(H,13,16)(H,14,15). The van der Waals surface area contributed by atoms with E-state index in [1.165, 1.54) is 6.92 Å². The van der Waals surface area contributed by atoms with Gasteiger partial charge in [-0.3, -0.25) is 9.89 Å². The van der Waals surface area contributed by atoms with Crippen molar-refractivity contribution in [3.05, 3.63) is 17.5 Å². The average Bonchev–Trinajstić information content (AvgIpc) is 3.04. The van der Waals surface area contributed by atoms with Crippen molar-refractivity contribution in [3.63, 3.8) is 0 Å². The average molecular weight is 251 g/mol. The number of ether oxygens (including phenoxy) is 1. The lowest BCUT2D eigenvalue weighted by atomic mass is 10.2. The molecule has 1 aromatic heterocycles. The van der Waals surface area contributed by atoms with E-state index < -0.39 is 5.97 Å². The van der Waals surface area contributed by atoms with Gasteiger partial charge in [0.1, 0.15) is 6.10 Å². The lowest BCUT2D eigenvalue weighted by Crippen LogP contribution is -2.31. The normalized spacial score (nSPS) is 16.1. The van der Waals surface area contributed by atoms with E-state index in [0.29, 0.717) is 18.2 Å². The summed E-state index contributed by atoms with van der Waals surface area (Å²) >= 11 is 0. The molecule has 0 spiro atoms. The quantitative estimate of drug-likeness (QED) is 0.764. The number of hydrogen-bond donors (Lipinski definition) is 2. The van der Waals surface area contributed by atoms with Crippen LogP contribution in [0.5, 0.6) is 0 Å². The molecule has 1 aliphatic rings. The molecule has 18 heavy (non-hydrogen) atoms. The number of H-pyrrole nitrogens is 1. The van der Waals surface area contributed by atoms with Gasteiger partial charge in [-0.1, -0.05) is 0 Å². The number of esters is 1. The number of aromatic amines is 1. The van der Waals surface area contributed by atoms with Crippen molar-refractivity contribution in [3.8, 4) is 0 Å². The third-order valence-corrected chi connectivity index (χ3v) is 2.77. The highest BCUT2D eigenvalue weighted by Crippen LogP contribution is 2.39. The van der Waals surface area contributed by atoms with E-state index in [2.05, 4.69) is 15.5 Å². The third kappa shape index (κ3) is 3.32. The van der Waals surface area contributed by atoms with Crippen molar-refractivity contribution in [1.29, 1.82) is 0 Å². The number of nitrogens with zero attached hydrogens (tertiary/aromatic N) is 1. The Hall–Kier alpha value is -1.85. The van der Waals surface area contributed by atoms with Crippen LogP contribution < -0.4 is 5.32 Å². The Bertz CT molecular complexity index is 451. The van der Waals surface area contributed by atoms with Crippen molar-refractivity contribution in [2.75, 3.05) is 6.54 Å². The van der Waals surface area contributed by atoms with Crippen LogP contribution >= 0.6 is 0 Å². The molecule has 2 rings (SSSR count). The van der Waals surface area contributed by atoms with Crippen LogP contribution in [-0.4, -0.2) is 34.7 Å². The molecule has 1 aromatic rings. The molecule has 0 bridgehead atoms. The maximum Gasteiger partial charge on any atom is 0.359 e. The van der Waals surface area contributed by atoms with Gasteiger partial charge in [0.25, 0.3) is 0 Å². The first-order valence-electron chi connectivity index (χ1n) is 6.07. The van der Waals surface area contributed by atoms with Crippen LogP contribution in [0.2, 0.25) is 0 Å². The van der Waals surface area contributed by atoms with Crippen LogP contribution in [0.3, 0.4) is 0 Å². The van der Waals surface area contributed by atoms with Gasteiger partial charge in [0, 0.05) is 18.5 Å². The van der Waals surface area contributed by atoms with Crippen LogP contribution in [0.4, 0.5) is 0 Å². The van der Waals surface area contributed by atoms with Crippen molar-refractivity contribution in [1.82, 2.24) is 15.5 Å². The summed E-state index contributed by atoms with van der Waals surface area (Å²) in [6, 6.07) is 1.74. The summed E-state index contributed by atoms with van der Waals surface area (Å²) in [5.74, 6) is -0.0828.